The summed E-state index contributed by atoms with van der Waals surface area (Å²) < 4.78 is 43.8. The van der Waals surface area contributed by atoms with Gasteiger partial charge in [0.1, 0.15) is 22.1 Å². The first kappa shape index (κ1) is 22.7. The highest BCUT2D eigenvalue weighted by Crippen LogP contribution is 2.37. The Morgan fingerprint density at radius 3 is 2.46 bits per heavy atom. The number of hydrogen-bond acceptors (Lipinski definition) is 6. The predicted molar refractivity (Wildman–Crippen MR) is 133 cm³/mol. The third-order valence-corrected chi connectivity index (χ3v) is 7.16. The molecule has 4 aromatic rings. The van der Waals surface area contributed by atoms with Crippen LogP contribution in [0.2, 0.25) is 0 Å². The molecule has 7 nitrogen and oxygen atoms in total. The summed E-state index contributed by atoms with van der Waals surface area (Å²) in [5.41, 5.74) is 3.11. The highest BCUT2D eigenvalue weighted by molar-refractivity contribution is 7.87. The van der Waals surface area contributed by atoms with Gasteiger partial charge in [0, 0.05) is 35.3 Å². The van der Waals surface area contributed by atoms with Crippen LogP contribution in [0.5, 0.6) is 17.2 Å². The predicted octanol–water partition coefficient (Wildman–Crippen LogP) is 5.36. The number of hydrogen-bond donors (Lipinski definition) is 0. The van der Waals surface area contributed by atoms with Gasteiger partial charge in [0.15, 0.2) is 5.76 Å². The summed E-state index contributed by atoms with van der Waals surface area (Å²) in [5, 5.41) is 0.930. The van der Waals surface area contributed by atoms with Crippen LogP contribution in [-0.4, -0.2) is 25.9 Å². The summed E-state index contributed by atoms with van der Waals surface area (Å²) >= 11 is 0. The number of allylic oxidation sites excluding steroid dienone is 1. The fourth-order valence-electron chi connectivity index (χ4n) is 4.05. The Bertz CT molecular complexity index is 1600. The maximum atomic E-state index is 13.0. The molecule has 0 saturated heterocycles. The van der Waals surface area contributed by atoms with Crippen LogP contribution >= 0.6 is 0 Å². The van der Waals surface area contributed by atoms with Crippen molar-refractivity contribution in [2.24, 2.45) is 0 Å². The second-order valence-electron chi connectivity index (χ2n) is 8.20. The van der Waals surface area contributed by atoms with Gasteiger partial charge in [-0.3, -0.25) is 4.79 Å². The van der Waals surface area contributed by atoms with Gasteiger partial charge in [-0.25, -0.2) is 0 Å². The molecule has 178 valence electrons. The van der Waals surface area contributed by atoms with Crippen molar-refractivity contribution < 1.29 is 26.9 Å². The number of fused-ring (bicyclic) bond motifs is 2. The lowest BCUT2D eigenvalue weighted by molar-refractivity contribution is 0.101. The quantitative estimate of drug-likeness (QED) is 0.268. The molecule has 0 radical (unpaired) electrons. The van der Waals surface area contributed by atoms with Gasteiger partial charge in [-0.15, -0.1) is 0 Å². The molecule has 35 heavy (non-hydrogen) atoms. The molecule has 3 aromatic carbocycles. The summed E-state index contributed by atoms with van der Waals surface area (Å²) in [6.07, 6.45) is 3.65. The fraction of sp³-hybridized carbons (Fsp3) is 0.148. The molecule has 8 heteroatoms. The smallest absolute Gasteiger partial charge is 0.339 e. The molecule has 0 aliphatic carbocycles. The van der Waals surface area contributed by atoms with Crippen molar-refractivity contribution in [3.05, 3.63) is 89.3 Å². The average molecular weight is 490 g/mol. The van der Waals surface area contributed by atoms with Gasteiger partial charge >= 0.3 is 10.1 Å². The number of aryl methyl sites for hydroxylation is 2. The van der Waals surface area contributed by atoms with E-state index >= 15 is 0 Å². The number of carbonyl (C=O) groups is 1. The molecule has 1 aromatic heterocycles. The Morgan fingerprint density at radius 2 is 1.74 bits per heavy atom. The summed E-state index contributed by atoms with van der Waals surface area (Å²) in [6, 6.07) is 16.5. The molecule has 0 fully saturated rings. The zero-order valence-electron chi connectivity index (χ0n) is 19.4. The van der Waals surface area contributed by atoms with Gasteiger partial charge in [0.05, 0.1) is 12.7 Å². The minimum absolute atomic E-state index is 0.0453. The number of nitrogens with zero attached hydrogens (tertiary/aromatic N) is 1. The van der Waals surface area contributed by atoms with Gasteiger partial charge in [-0.2, -0.15) is 8.42 Å². The molecule has 0 bridgehead atoms. The summed E-state index contributed by atoms with van der Waals surface area (Å²) in [4.78, 5) is 13.0. The Kier molecular flexibility index (Phi) is 5.61. The molecule has 0 amide bonds. The highest BCUT2D eigenvalue weighted by Gasteiger charge is 2.29. The number of rotatable bonds is 6. The molecule has 2 heterocycles. The van der Waals surface area contributed by atoms with Gasteiger partial charge in [-0.05, 0) is 62.4 Å². The van der Waals surface area contributed by atoms with Crippen molar-refractivity contribution in [1.82, 2.24) is 4.57 Å². The van der Waals surface area contributed by atoms with Crippen molar-refractivity contribution in [2.45, 2.75) is 25.3 Å². The molecule has 0 atom stereocenters. The van der Waals surface area contributed by atoms with Crippen LogP contribution in [0, 0.1) is 6.92 Å². The van der Waals surface area contributed by atoms with Crippen LogP contribution < -0.4 is 13.7 Å². The van der Waals surface area contributed by atoms with Gasteiger partial charge in [-0.1, -0.05) is 17.7 Å². The van der Waals surface area contributed by atoms with Crippen LogP contribution in [0.1, 0.15) is 28.4 Å². The van der Waals surface area contributed by atoms with Crippen molar-refractivity contribution in [1.29, 1.82) is 0 Å². The second kappa shape index (κ2) is 8.63. The first-order valence-corrected chi connectivity index (χ1v) is 12.5. The van der Waals surface area contributed by atoms with E-state index in [1.807, 2.05) is 38.2 Å². The first-order chi connectivity index (χ1) is 16.8. The molecule has 0 unspecified atom stereocenters. The maximum absolute atomic E-state index is 13.0. The van der Waals surface area contributed by atoms with Gasteiger partial charge < -0.3 is 18.2 Å². The molecule has 1 aliphatic rings. The third kappa shape index (κ3) is 4.17. The van der Waals surface area contributed by atoms with Crippen LogP contribution in [-0.2, 0) is 16.7 Å². The fourth-order valence-corrected chi connectivity index (χ4v) is 4.97. The first-order valence-electron chi connectivity index (χ1n) is 11.1. The Hall–Kier alpha value is -4.04. The van der Waals surface area contributed by atoms with E-state index in [4.69, 9.17) is 13.7 Å². The number of Topliss-reactive ketones (excluding diaryl/α,β-unsaturated/α-hetero) is 1. The maximum Gasteiger partial charge on any atom is 0.339 e. The number of benzene rings is 3. The molecule has 0 N–H and O–H groups in total. The van der Waals surface area contributed by atoms with Crippen LogP contribution in [0.4, 0.5) is 0 Å². The van der Waals surface area contributed by atoms with Crippen LogP contribution in [0.25, 0.3) is 17.0 Å². The lowest BCUT2D eigenvalue weighted by atomic mass is 10.1. The van der Waals surface area contributed by atoms with E-state index < -0.39 is 10.1 Å². The lowest BCUT2D eigenvalue weighted by Crippen LogP contribution is -2.09. The minimum atomic E-state index is -4.02. The average Bonchev–Trinajstić information content (AvgIpc) is 3.35. The summed E-state index contributed by atoms with van der Waals surface area (Å²) in [7, 11) is -2.42. The topological polar surface area (TPSA) is 83.8 Å². The van der Waals surface area contributed by atoms with Crippen LogP contribution in [0.15, 0.2) is 77.5 Å². The van der Waals surface area contributed by atoms with E-state index in [1.165, 1.54) is 30.3 Å². The minimum Gasteiger partial charge on any atom is -0.497 e. The standard InChI is InChI=1S/C27H23NO6S/c1-4-28-16-18(23-14-19(32-3)8-12-24(23)28)13-26-27(29)22-11-7-20(15-25(22)33-26)34-35(30,31)21-9-5-17(2)6-10-21/h5-16H,4H2,1-3H3/b26-13+. The Labute approximate surface area is 203 Å². The molecular formula is C27H23NO6S. The van der Waals surface area contributed by atoms with Crippen molar-refractivity contribution >= 4 is 32.9 Å². The van der Waals surface area contributed by atoms with E-state index in [1.54, 1.807) is 25.3 Å². The lowest BCUT2D eigenvalue weighted by Gasteiger charge is -2.08. The number of carbonyl (C=O) groups excluding carboxylic acids is 1. The van der Waals surface area contributed by atoms with E-state index in [-0.39, 0.29) is 27.9 Å². The summed E-state index contributed by atoms with van der Waals surface area (Å²) in [5.74, 6) is 0.884. The highest BCUT2D eigenvalue weighted by atomic mass is 32.2. The van der Waals surface area contributed by atoms with E-state index in [2.05, 4.69) is 4.57 Å². The van der Waals surface area contributed by atoms with Crippen molar-refractivity contribution in [2.75, 3.05) is 7.11 Å². The Balaban J connectivity index is 1.46. The van der Waals surface area contributed by atoms with Crippen molar-refractivity contribution in [3.8, 4) is 17.2 Å². The Morgan fingerprint density at radius 1 is 1.00 bits per heavy atom. The van der Waals surface area contributed by atoms with E-state index in [9.17, 15) is 13.2 Å². The number of methoxy groups -OCH3 is 1. The molecule has 0 saturated carbocycles. The van der Waals surface area contributed by atoms with Crippen LogP contribution in [0.3, 0.4) is 0 Å². The summed E-state index contributed by atoms with van der Waals surface area (Å²) in [6.45, 7) is 4.67. The normalized spacial score (nSPS) is 14.3. The monoisotopic (exact) mass is 489 g/mol. The van der Waals surface area contributed by atoms with Crippen molar-refractivity contribution in [3.63, 3.8) is 0 Å². The van der Waals surface area contributed by atoms with Gasteiger partial charge in [0.25, 0.3) is 0 Å². The third-order valence-electron chi connectivity index (χ3n) is 5.90. The number of aromatic nitrogens is 1. The van der Waals surface area contributed by atoms with E-state index in [0.717, 1.165) is 28.6 Å². The molecule has 1 aliphatic heterocycles. The second-order valence-corrected chi connectivity index (χ2v) is 9.75. The van der Waals surface area contributed by atoms with Gasteiger partial charge in [0.2, 0.25) is 5.78 Å². The molecule has 5 rings (SSSR count). The zero-order chi connectivity index (χ0) is 24.7. The zero-order valence-corrected chi connectivity index (χ0v) is 20.3. The molecule has 0 spiro atoms. The number of ether oxygens (including phenoxy) is 2. The SMILES string of the molecule is CCn1cc(/C=C2/Oc3cc(OS(=O)(=O)c4ccc(C)cc4)ccc3C2=O)c2cc(OC)ccc21. The number of ketones is 1. The van der Waals surface area contributed by atoms with E-state index in [0.29, 0.717) is 11.3 Å². The molecular weight excluding hydrogens is 466 g/mol. The largest absolute Gasteiger partial charge is 0.497 e.